The Kier molecular flexibility index (Phi) is 5.45. The van der Waals surface area contributed by atoms with E-state index in [0.29, 0.717) is 0 Å². The molecule has 5 nitrogen and oxygen atoms in total. The van der Waals surface area contributed by atoms with Gasteiger partial charge >= 0.3 is 0 Å². The molecule has 2 fully saturated rings. The molecular weight excluding hydrogens is 358 g/mol. The van der Waals surface area contributed by atoms with Crippen molar-refractivity contribution in [3.8, 4) is 16.3 Å². The van der Waals surface area contributed by atoms with Crippen LogP contribution in [0.25, 0.3) is 10.6 Å². The smallest absolute Gasteiger partial charge is 0.265 e. The molecule has 0 bridgehead atoms. The summed E-state index contributed by atoms with van der Waals surface area (Å²) in [7, 11) is 1.66. The molecule has 1 aliphatic carbocycles. The summed E-state index contributed by atoms with van der Waals surface area (Å²) in [4.78, 5) is 23.1. The lowest BCUT2D eigenvalue weighted by atomic mass is 10.1. The summed E-state index contributed by atoms with van der Waals surface area (Å²) in [5.41, 5.74) is 1.81. The molecule has 0 spiro atoms. The number of nitrogens with zero attached hydrogens (tertiary/aromatic N) is 3. The summed E-state index contributed by atoms with van der Waals surface area (Å²) in [6.07, 6.45) is 5.37. The van der Waals surface area contributed by atoms with E-state index in [-0.39, 0.29) is 5.91 Å². The topological polar surface area (TPSA) is 45.7 Å². The summed E-state index contributed by atoms with van der Waals surface area (Å²) in [5, 5.41) is 0.874. The molecule has 1 saturated heterocycles. The number of rotatable bonds is 4. The van der Waals surface area contributed by atoms with E-state index < -0.39 is 0 Å². The van der Waals surface area contributed by atoms with Crippen LogP contribution in [0.2, 0.25) is 0 Å². The van der Waals surface area contributed by atoms with Crippen LogP contribution in [0, 0.1) is 6.92 Å². The number of hydrogen-bond acceptors (Lipinski definition) is 5. The highest BCUT2D eigenvalue weighted by Gasteiger charge is 2.29. The Labute approximate surface area is 165 Å². The Morgan fingerprint density at radius 2 is 1.93 bits per heavy atom. The molecule has 0 radical (unpaired) electrons. The summed E-state index contributed by atoms with van der Waals surface area (Å²) in [6, 6.07) is 8.59. The van der Waals surface area contributed by atoms with Gasteiger partial charge in [-0.25, -0.2) is 4.98 Å². The number of carbonyl (C=O) groups is 1. The van der Waals surface area contributed by atoms with Gasteiger partial charge in [-0.1, -0.05) is 25.0 Å². The van der Waals surface area contributed by atoms with Gasteiger partial charge in [0.2, 0.25) is 0 Å². The van der Waals surface area contributed by atoms with Gasteiger partial charge in [0, 0.05) is 37.8 Å². The molecular formula is C21H27N3O2S. The van der Waals surface area contributed by atoms with Crippen molar-refractivity contribution in [2.24, 2.45) is 0 Å². The van der Waals surface area contributed by atoms with Crippen LogP contribution in [0.1, 0.15) is 41.0 Å². The van der Waals surface area contributed by atoms with E-state index >= 15 is 0 Å². The zero-order chi connectivity index (χ0) is 18.8. The minimum atomic E-state index is 0.130. The van der Waals surface area contributed by atoms with Gasteiger partial charge < -0.3 is 9.64 Å². The molecule has 2 aliphatic rings. The largest absolute Gasteiger partial charge is 0.497 e. The number of methoxy groups -OCH3 is 1. The number of carbonyl (C=O) groups excluding carboxylic acids is 1. The Balaban J connectivity index is 1.45. The maximum absolute atomic E-state index is 13.1. The number of thiazole rings is 1. The highest BCUT2D eigenvalue weighted by Crippen LogP contribution is 2.31. The molecule has 0 N–H and O–H groups in total. The summed E-state index contributed by atoms with van der Waals surface area (Å²) < 4.78 is 5.31. The van der Waals surface area contributed by atoms with Crippen molar-refractivity contribution in [1.82, 2.24) is 14.8 Å². The third kappa shape index (κ3) is 3.87. The molecule has 27 heavy (non-hydrogen) atoms. The molecule has 2 heterocycles. The lowest BCUT2D eigenvalue weighted by Gasteiger charge is -2.37. The second-order valence-electron chi connectivity index (χ2n) is 7.43. The van der Waals surface area contributed by atoms with Crippen LogP contribution in [0.5, 0.6) is 5.75 Å². The number of piperazine rings is 1. The zero-order valence-electron chi connectivity index (χ0n) is 16.1. The molecule has 0 atom stereocenters. The molecule has 1 amide bonds. The van der Waals surface area contributed by atoms with Crippen LogP contribution in [-0.4, -0.2) is 60.0 Å². The Bertz CT molecular complexity index is 806. The minimum absolute atomic E-state index is 0.130. The lowest BCUT2D eigenvalue weighted by molar-refractivity contribution is 0.0577. The van der Waals surface area contributed by atoms with Crippen molar-refractivity contribution in [3.63, 3.8) is 0 Å². The maximum Gasteiger partial charge on any atom is 0.265 e. The Hall–Kier alpha value is -1.92. The molecule has 1 saturated carbocycles. The molecule has 1 aliphatic heterocycles. The number of aromatic nitrogens is 1. The number of benzene rings is 1. The predicted octanol–water partition coefficient (Wildman–Crippen LogP) is 3.83. The Morgan fingerprint density at radius 3 is 2.63 bits per heavy atom. The summed E-state index contributed by atoms with van der Waals surface area (Å²) >= 11 is 1.49. The lowest BCUT2D eigenvalue weighted by Crippen LogP contribution is -2.51. The molecule has 0 unspecified atom stereocenters. The van der Waals surface area contributed by atoms with Crippen molar-refractivity contribution in [2.45, 2.75) is 38.6 Å². The minimum Gasteiger partial charge on any atom is -0.497 e. The number of ether oxygens (including phenoxy) is 1. The van der Waals surface area contributed by atoms with Crippen LogP contribution in [0.3, 0.4) is 0 Å². The van der Waals surface area contributed by atoms with Crippen molar-refractivity contribution < 1.29 is 9.53 Å². The monoisotopic (exact) mass is 385 g/mol. The van der Waals surface area contributed by atoms with Gasteiger partial charge in [0.1, 0.15) is 15.6 Å². The third-order valence-corrected chi connectivity index (χ3v) is 6.94. The Morgan fingerprint density at radius 1 is 1.19 bits per heavy atom. The summed E-state index contributed by atoms with van der Waals surface area (Å²) in [6.45, 7) is 5.57. The molecule has 4 rings (SSSR count). The number of aryl methyl sites for hydroxylation is 1. The van der Waals surface area contributed by atoms with E-state index in [1.165, 1.54) is 37.0 Å². The molecule has 144 valence electrons. The van der Waals surface area contributed by atoms with E-state index in [4.69, 9.17) is 4.74 Å². The second kappa shape index (κ2) is 7.98. The van der Waals surface area contributed by atoms with E-state index in [1.54, 1.807) is 7.11 Å². The van der Waals surface area contributed by atoms with E-state index in [9.17, 15) is 4.79 Å². The molecule has 2 aromatic rings. The molecule has 1 aromatic carbocycles. The highest BCUT2D eigenvalue weighted by atomic mass is 32.1. The van der Waals surface area contributed by atoms with Crippen LogP contribution in [0.15, 0.2) is 24.3 Å². The number of hydrogen-bond donors (Lipinski definition) is 0. The van der Waals surface area contributed by atoms with Crippen molar-refractivity contribution in [3.05, 3.63) is 34.8 Å². The van der Waals surface area contributed by atoms with Crippen molar-refractivity contribution in [1.29, 1.82) is 0 Å². The first kappa shape index (κ1) is 18.4. The first-order valence-electron chi connectivity index (χ1n) is 9.81. The quantitative estimate of drug-likeness (QED) is 0.802. The fraction of sp³-hybridized carbons (Fsp3) is 0.524. The van der Waals surface area contributed by atoms with Crippen molar-refractivity contribution in [2.75, 3.05) is 33.3 Å². The first-order chi connectivity index (χ1) is 13.2. The van der Waals surface area contributed by atoms with E-state index in [0.717, 1.165) is 59.1 Å². The molecule has 1 aromatic heterocycles. The van der Waals surface area contributed by atoms with Gasteiger partial charge in [-0.3, -0.25) is 9.69 Å². The average Bonchev–Trinajstić information content (AvgIpc) is 3.38. The average molecular weight is 386 g/mol. The van der Waals surface area contributed by atoms with Gasteiger partial charge in [0.25, 0.3) is 5.91 Å². The standard InChI is InChI=1S/C21H27N3O2S/c1-15-19(27-20(22-15)16-6-5-9-18(14-16)26-2)21(25)24-12-10-23(11-13-24)17-7-3-4-8-17/h5-6,9,14,17H,3-4,7-8,10-13H2,1-2H3. The maximum atomic E-state index is 13.1. The first-order valence-corrected chi connectivity index (χ1v) is 10.6. The zero-order valence-corrected chi connectivity index (χ0v) is 16.9. The van der Waals surface area contributed by atoms with Crippen LogP contribution in [0.4, 0.5) is 0 Å². The van der Waals surface area contributed by atoms with Gasteiger partial charge in [0.05, 0.1) is 12.8 Å². The third-order valence-electron chi connectivity index (χ3n) is 5.75. The SMILES string of the molecule is COc1cccc(-c2nc(C)c(C(=O)N3CCN(C4CCCC4)CC3)s2)c1. The van der Waals surface area contributed by atoms with Crippen molar-refractivity contribution >= 4 is 17.2 Å². The van der Waals surface area contributed by atoms with E-state index in [1.807, 2.05) is 36.1 Å². The van der Waals surface area contributed by atoms with Crippen LogP contribution < -0.4 is 4.74 Å². The van der Waals surface area contributed by atoms with Crippen LogP contribution >= 0.6 is 11.3 Å². The highest BCUT2D eigenvalue weighted by molar-refractivity contribution is 7.17. The van der Waals surface area contributed by atoms with Gasteiger partial charge in [-0.15, -0.1) is 11.3 Å². The van der Waals surface area contributed by atoms with Gasteiger partial charge in [-0.2, -0.15) is 0 Å². The molecule has 6 heteroatoms. The fourth-order valence-corrected chi connectivity index (χ4v) is 5.21. The normalized spacial score (nSPS) is 18.8. The second-order valence-corrected chi connectivity index (χ2v) is 8.43. The predicted molar refractivity (Wildman–Crippen MR) is 109 cm³/mol. The van der Waals surface area contributed by atoms with Gasteiger partial charge in [0.15, 0.2) is 0 Å². The van der Waals surface area contributed by atoms with Gasteiger partial charge in [-0.05, 0) is 31.9 Å². The van der Waals surface area contributed by atoms with E-state index in [2.05, 4.69) is 9.88 Å². The van der Waals surface area contributed by atoms with Crippen LogP contribution in [-0.2, 0) is 0 Å². The summed E-state index contributed by atoms with van der Waals surface area (Å²) in [5.74, 6) is 0.932. The fourth-order valence-electron chi connectivity index (χ4n) is 4.18. The number of amides is 1.